The van der Waals surface area contributed by atoms with E-state index in [9.17, 15) is 0 Å². The first-order valence-electron chi connectivity index (χ1n) is 19.1. The van der Waals surface area contributed by atoms with E-state index in [1.807, 2.05) is 6.07 Å². The normalized spacial score (nSPS) is 13.1. The van der Waals surface area contributed by atoms with Gasteiger partial charge >= 0.3 is 0 Å². The smallest absolute Gasteiger partial charge is 0.135 e. The van der Waals surface area contributed by atoms with E-state index < -0.39 is 0 Å². The van der Waals surface area contributed by atoms with Gasteiger partial charge in [-0.3, -0.25) is 0 Å². The highest BCUT2D eigenvalue weighted by molar-refractivity contribution is 6.09. The molecule has 0 spiro atoms. The number of nitrogens with zero attached hydrogens (tertiary/aromatic N) is 1. The van der Waals surface area contributed by atoms with Crippen molar-refractivity contribution < 1.29 is 4.42 Å². The average molecular weight is 704 g/mol. The summed E-state index contributed by atoms with van der Waals surface area (Å²) in [5.74, 6) is 0. The van der Waals surface area contributed by atoms with Gasteiger partial charge in [0.15, 0.2) is 0 Å². The van der Waals surface area contributed by atoms with Crippen molar-refractivity contribution in [2.45, 2.75) is 19.3 Å². The predicted molar refractivity (Wildman–Crippen MR) is 232 cm³/mol. The van der Waals surface area contributed by atoms with Crippen LogP contribution >= 0.6 is 0 Å². The van der Waals surface area contributed by atoms with Crippen LogP contribution in [0.1, 0.15) is 25.0 Å². The van der Waals surface area contributed by atoms with Crippen LogP contribution in [0.3, 0.4) is 0 Å². The predicted octanol–water partition coefficient (Wildman–Crippen LogP) is 15.0. The van der Waals surface area contributed by atoms with Crippen LogP contribution in [-0.4, -0.2) is 0 Å². The minimum atomic E-state index is -0.171. The van der Waals surface area contributed by atoms with Crippen LogP contribution in [-0.2, 0) is 5.41 Å². The number of hydrogen-bond donors (Lipinski definition) is 0. The van der Waals surface area contributed by atoms with Gasteiger partial charge in [-0.05, 0) is 97.6 Å². The molecule has 1 aliphatic carbocycles. The molecule has 0 fully saturated rings. The number of hydrogen-bond acceptors (Lipinski definition) is 2. The molecular formula is C53H37NO. The van der Waals surface area contributed by atoms with Gasteiger partial charge in [-0.25, -0.2) is 0 Å². The topological polar surface area (TPSA) is 16.4 Å². The molecule has 0 aliphatic heterocycles. The van der Waals surface area contributed by atoms with E-state index in [0.717, 1.165) is 39.0 Å². The molecule has 0 saturated heterocycles. The highest BCUT2D eigenvalue weighted by Gasteiger charge is 2.37. The van der Waals surface area contributed by atoms with Crippen molar-refractivity contribution in [3.8, 4) is 33.4 Å². The average Bonchev–Trinajstić information content (AvgIpc) is 3.72. The molecule has 55 heavy (non-hydrogen) atoms. The van der Waals surface area contributed by atoms with Gasteiger partial charge in [0.05, 0.1) is 11.4 Å². The van der Waals surface area contributed by atoms with Crippen LogP contribution in [0.4, 0.5) is 17.1 Å². The first kappa shape index (κ1) is 31.6. The summed E-state index contributed by atoms with van der Waals surface area (Å²) < 4.78 is 6.34. The Morgan fingerprint density at radius 1 is 0.400 bits per heavy atom. The van der Waals surface area contributed by atoms with Crippen molar-refractivity contribution in [3.05, 3.63) is 199 Å². The van der Waals surface area contributed by atoms with Crippen molar-refractivity contribution in [2.75, 3.05) is 4.90 Å². The molecule has 11 rings (SSSR count). The van der Waals surface area contributed by atoms with Crippen LogP contribution in [0.2, 0.25) is 0 Å². The maximum atomic E-state index is 6.34. The van der Waals surface area contributed by atoms with E-state index in [0.29, 0.717) is 0 Å². The summed E-state index contributed by atoms with van der Waals surface area (Å²) in [5, 5.41) is 7.19. The van der Waals surface area contributed by atoms with E-state index in [-0.39, 0.29) is 5.41 Å². The summed E-state index contributed by atoms with van der Waals surface area (Å²) >= 11 is 0. The lowest BCUT2D eigenvalue weighted by atomic mass is 9.80. The van der Waals surface area contributed by atoms with Crippen molar-refractivity contribution in [2.24, 2.45) is 0 Å². The van der Waals surface area contributed by atoms with Gasteiger partial charge in [-0.2, -0.15) is 0 Å². The number of rotatable bonds is 5. The first-order chi connectivity index (χ1) is 27.0. The molecular weight excluding hydrogens is 667 g/mol. The molecule has 1 aromatic heterocycles. The second-order valence-corrected chi connectivity index (χ2v) is 15.3. The highest BCUT2D eigenvalue weighted by Crippen LogP contribution is 2.54. The molecule has 0 N–H and O–H groups in total. The summed E-state index contributed by atoms with van der Waals surface area (Å²) in [4.78, 5) is 2.46. The minimum absolute atomic E-state index is 0.171. The molecule has 260 valence electrons. The Kier molecular flexibility index (Phi) is 6.93. The minimum Gasteiger partial charge on any atom is -0.456 e. The van der Waals surface area contributed by atoms with Crippen molar-refractivity contribution in [3.63, 3.8) is 0 Å². The third kappa shape index (κ3) is 4.81. The maximum absolute atomic E-state index is 6.34. The Labute approximate surface area is 320 Å². The van der Waals surface area contributed by atoms with Gasteiger partial charge in [-0.15, -0.1) is 0 Å². The van der Waals surface area contributed by atoms with Gasteiger partial charge in [0.2, 0.25) is 0 Å². The lowest BCUT2D eigenvalue weighted by molar-refractivity contribution is 0.661. The number of furan rings is 1. The van der Waals surface area contributed by atoms with Gasteiger partial charge < -0.3 is 9.32 Å². The summed E-state index contributed by atoms with van der Waals surface area (Å²) in [7, 11) is 0. The zero-order valence-electron chi connectivity index (χ0n) is 30.8. The molecule has 1 aliphatic rings. The van der Waals surface area contributed by atoms with Crippen LogP contribution in [0.15, 0.2) is 192 Å². The standard InChI is InChI=1S/C53H37NO/c1-53(2)45-30-27-36-17-7-9-20-41(36)52(45)43-29-26-37(32-46(43)53)51-40(35-14-4-3-5-15-35)22-13-24-48(51)54(47-23-12-18-34-16-6-8-19-39(34)47)38-28-31-50-44(33-38)42-21-10-11-25-49(42)55-50/h3-33H,1-2H3. The first-order valence-corrected chi connectivity index (χ1v) is 19.1. The zero-order valence-corrected chi connectivity index (χ0v) is 30.8. The van der Waals surface area contributed by atoms with Crippen molar-refractivity contribution in [1.82, 2.24) is 0 Å². The summed E-state index contributed by atoms with van der Waals surface area (Å²) in [6.45, 7) is 4.76. The quantitative estimate of drug-likeness (QED) is 0.177. The summed E-state index contributed by atoms with van der Waals surface area (Å²) in [6, 6.07) is 68.6. The van der Waals surface area contributed by atoms with E-state index in [1.165, 1.54) is 66.1 Å². The Balaban J connectivity index is 1.21. The second kappa shape index (κ2) is 12.1. The van der Waals surface area contributed by atoms with Crippen molar-refractivity contribution in [1.29, 1.82) is 0 Å². The molecule has 0 amide bonds. The monoisotopic (exact) mass is 703 g/mol. The molecule has 0 bridgehead atoms. The number of benzene rings is 9. The van der Waals surface area contributed by atoms with E-state index in [4.69, 9.17) is 4.42 Å². The molecule has 0 radical (unpaired) electrons. The third-order valence-corrected chi connectivity index (χ3v) is 11.8. The molecule has 1 heterocycles. The largest absolute Gasteiger partial charge is 0.456 e. The van der Waals surface area contributed by atoms with Crippen molar-refractivity contribution >= 4 is 60.5 Å². The molecule has 0 unspecified atom stereocenters. The van der Waals surface area contributed by atoms with Crippen LogP contribution in [0.25, 0.3) is 76.9 Å². The molecule has 2 heteroatoms. The Morgan fingerprint density at radius 2 is 1.07 bits per heavy atom. The van der Waals surface area contributed by atoms with Gasteiger partial charge in [0.25, 0.3) is 0 Å². The number of anilines is 3. The van der Waals surface area contributed by atoms with E-state index in [2.05, 4.69) is 201 Å². The van der Waals surface area contributed by atoms with Crippen LogP contribution in [0.5, 0.6) is 0 Å². The molecule has 2 nitrogen and oxygen atoms in total. The Hall–Kier alpha value is -6.90. The second-order valence-electron chi connectivity index (χ2n) is 15.3. The van der Waals surface area contributed by atoms with Gasteiger partial charge in [-0.1, -0.05) is 159 Å². The summed E-state index contributed by atoms with van der Waals surface area (Å²) in [5.41, 5.74) is 15.1. The lowest BCUT2D eigenvalue weighted by Crippen LogP contribution is -2.15. The maximum Gasteiger partial charge on any atom is 0.135 e. The van der Waals surface area contributed by atoms with Gasteiger partial charge in [0, 0.05) is 32.8 Å². The zero-order chi connectivity index (χ0) is 36.7. The molecule has 9 aromatic carbocycles. The fraction of sp³-hybridized carbons (Fsp3) is 0.0566. The highest BCUT2D eigenvalue weighted by atomic mass is 16.3. The summed E-state index contributed by atoms with van der Waals surface area (Å²) in [6.07, 6.45) is 0. The van der Waals surface area contributed by atoms with Gasteiger partial charge in [0.1, 0.15) is 11.2 Å². The molecule has 10 aromatic rings. The molecule has 0 saturated carbocycles. The number of para-hydroxylation sites is 1. The van der Waals surface area contributed by atoms with Crippen LogP contribution in [0, 0.1) is 0 Å². The fourth-order valence-corrected chi connectivity index (χ4v) is 9.22. The third-order valence-electron chi connectivity index (χ3n) is 11.8. The lowest BCUT2D eigenvalue weighted by Gasteiger charge is -2.30. The Morgan fingerprint density at radius 3 is 1.93 bits per heavy atom. The van der Waals surface area contributed by atoms with E-state index >= 15 is 0 Å². The number of fused-ring (bicyclic) bond motifs is 9. The van der Waals surface area contributed by atoms with Crippen LogP contribution < -0.4 is 4.90 Å². The molecule has 0 atom stereocenters. The van der Waals surface area contributed by atoms with E-state index in [1.54, 1.807) is 0 Å². The fourth-order valence-electron chi connectivity index (χ4n) is 9.22. The SMILES string of the molecule is CC1(C)c2cc(-c3c(-c4ccccc4)cccc3N(c3ccc4oc5ccccc5c4c3)c3cccc4ccccc34)ccc2-c2c1ccc1ccccc21. The Bertz CT molecular complexity index is 3130.